The third kappa shape index (κ3) is 2.62. The molecule has 0 bridgehead atoms. The largest absolute Gasteiger partial charge is 0.497 e. The Hall–Kier alpha value is -1.77. The molecule has 0 spiro atoms. The third-order valence-electron chi connectivity index (χ3n) is 1.90. The highest BCUT2D eigenvalue weighted by Gasteiger charge is 2.03. The summed E-state index contributed by atoms with van der Waals surface area (Å²) in [6, 6.07) is 7.46. The van der Waals surface area contributed by atoms with Crippen LogP contribution in [0.5, 0.6) is 5.75 Å². The van der Waals surface area contributed by atoms with Crippen LogP contribution < -0.4 is 10.5 Å². The molecule has 0 aromatic heterocycles. The predicted molar refractivity (Wildman–Crippen MR) is 55.0 cm³/mol. The Morgan fingerprint density at radius 3 is 2.86 bits per heavy atom. The maximum absolute atomic E-state index is 10.7. The average Bonchev–Trinajstić information content (AvgIpc) is 2.18. The first-order chi connectivity index (χ1) is 6.63. The van der Waals surface area contributed by atoms with Crippen LogP contribution in [-0.2, 0) is 11.2 Å². The minimum absolute atomic E-state index is 0.401. The Kier molecular flexibility index (Phi) is 3.29. The lowest BCUT2D eigenvalue weighted by Crippen LogP contribution is -2.14. The number of amides is 1. The van der Waals surface area contributed by atoms with E-state index in [-0.39, 0.29) is 0 Å². The van der Waals surface area contributed by atoms with Crippen LogP contribution in [0.4, 0.5) is 0 Å². The standard InChI is InChI=1S/C11H13NO2/c1-8(11(12)13)6-9-4-3-5-10(7-9)14-2/h3-5,7H,1,6H2,2H3,(H2,12,13). The second-order valence-electron chi connectivity index (χ2n) is 3.00. The van der Waals surface area contributed by atoms with Crippen molar-refractivity contribution in [3.63, 3.8) is 0 Å². The number of primary amides is 1. The molecule has 1 aromatic carbocycles. The number of nitrogens with two attached hydrogens (primary N) is 1. The molecule has 0 heterocycles. The van der Waals surface area contributed by atoms with Crippen LogP contribution in [0.1, 0.15) is 5.56 Å². The van der Waals surface area contributed by atoms with Gasteiger partial charge in [0.2, 0.25) is 5.91 Å². The minimum Gasteiger partial charge on any atom is -0.497 e. The normalized spacial score (nSPS) is 9.50. The van der Waals surface area contributed by atoms with Crippen LogP contribution in [0.15, 0.2) is 36.4 Å². The molecule has 14 heavy (non-hydrogen) atoms. The topological polar surface area (TPSA) is 52.3 Å². The van der Waals surface area contributed by atoms with Gasteiger partial charge in [-0.3, -0.25) is 4.79 Å². The van der Waals surface area contributed by atoms with E-state index in [9.17, 15) is 4.79 Å². The summed E-state index contributed by atoms with van der Waals surface area (Å²) in [4.78, 5) is 10.7. The molecule has 1 aromatic rings. The first-order valence-corrected chi connectivity index (χ1v) is 4.24. The number of methoxy groups -OCH3 is 1. The fraction of sp³-hybridized carbons (Fsp3) is 0.182. The predicted octanol–water partition coefficient (Wildman–Crippen LogP) is 1.28. The molecule has 1 rings (SSSR count). The van der Waals surface area contributed by atoms with Gasteiger partial charge in [-0.05, 0) is 17.7 Å². The second-order valence-corrected chi connectivity index (χ2v) is 3.00. The lowest BCUT2D eigenvalue weighted by Gasteiger charge is -2.04. The zero-order chi connectivity index (χ0) is 10.6. The van der Waals surface area contributed by atoms with Crippen LogP contribution in [-0.4, -0.2) is 13.0 Å². The van der Waals surface area contributed by atoms with Gasteiger partial charge in [-0.2, -0.15) is 0 Å². The van der Waals surface area contributed by atoms with Crippen LogP contribution in [0.3, 0.4) is 0 Å². The lowest BCUT2D eigenvalue weighted by atomic mass is 10.1. The Morgan fingerprint density at radius 1 is 1.57 bits per heavy atom. The highest BCUT2D eigenvalue weighted by atomic mass is 16.5. The molecular weight excluding hydrogens is 178 g/mol. The average molecular weight is 191 g/mol. The first kappa shape index (κ1) is 10.3. The summed E-state index contributed by atoms with van der Waals surface area (Å²) in [5.41, 5.74) is 6.45. The molecule has 0 aliphatic carbocycles. The van der Waals surface area contributed by atoms with E-state index >= 15 is 0 Å². The molecule has 0 aliphatic rings. The number of hydrogen-bond donors (Lipinski definition) is 1. The van der Waals surface area contributed by atoms with E-state index in [1.54, 1.807) is 7.11 Å². The van der Waals surface area contributed by atoms with E-state index in [0.717, 1.165) is 11.3 Å². The van der Waals surface area contributed by atoms with Gasteiger partial charge in [-0.25, -0.2) is 0 Å². The maximum Gasteiger partial charge on any atom is 0.244 e. The van der Waals surface area contributed by atoms with E-state index in [4.69, 9.17) is 10.5 Å². The molecule has 2 N–H and O–H groups in total. The molecule has 0 saturated carbocycles. The monoisotopic (exact) mass is 191 g/mol. The van der Waals surface area contributed by atoms with Crippen molar-refractivity contribution in [3.05, 3.63) is 42.0 Å². The summed E-state index contributed by atoms with van der Waals surface area (Å²) in [6.07, 6.45) is 0.465. The van der Waals surface area contributed by atoms with Gasteiger partial charge >= 0.3 is 0 Å². The summed E-state index contributed by atoms with van der Waals surface area (Å²) in [6.45, 7) is 3.59. The second kappa shape index (κ2) is 4.46. The van der Waals surface area contributed by atoms with Gasteiger partial charge in [0.05, 0.1) is 7.11 Å². The molecular formula is C11H13NO2. The van der Waals surface area contributed by atoms with Crippen LogP contribution in [0.2, 0.25) is 0 Å². The van der Waals surface area contributed by atoms with Crippen molar-refractivity contribution >= 4 is 5.91 Å². The van der Waals surface area contributed by atoms with E-state index in [1.807, 2.05) is 24.3 Å². The zero-order valence-corrected chi connectivity index (χ0v) is 8.12. The molecule has 3 nitrogen and oxygen atoms in total. The van der Waals surface area contributed by atoms with Crippen LogP contribution in [0.25, 0.3) is 0 Å². The Balaban J connectivity index is 2.76. The Labute approximate surface area is 83.2 Å². The molecule has 74 valence electrons. The smallest absolute Gasteiger partial charge is 0.244 e. The van der Waals surface area contributed by atoms with Gasteiger partial charge in [0.25, 0.3) is 0 Å². The van der Waals surface area contributed by atoms with Crippen LogP contribution in [0, 0.1) is 0 Å². The fourth-order valence-corrected chi connectivity index (χ4v) is 1.12. The number of carbonyl (C=O) groups is 1. The number of benzene rings is 1. The summed E-state index contributed by atoms with van der Waals surface area (Å²) < 4.78 is 5.05. The fourth-order valence-electron chi connectivity index (χ4n) is 1.12. The van der Waals surface area contributed by atoms with Crippen molar-refractivity contribution in [2.75, 3.05) is 7.11 Å². The molecule has 1 amide bonds. The molecule has 3 heteroatoms. The molecule has 0 fully saturated rings. The van der Waals surface area contributed by atoms with Gasteiger partial charge in [-0.1, -0.05) is 18.7 Å². The molecule has 0 unspecified atom stereocenters. The lowest BCUT2D eigenvalue weighted by molar-refractivity contribution is -0.114. The maximum atomic E-state index is 10.7. The highest BCUT2D eigenvalue weighted by molar-refractivity contribution is 5.91. The van der Waals surface area contributed by atoms with Crippen LogP contribution >= 0.6 is 0 Å². The molecule has 0 aliphatic heterocycles. The first-order valence-electron chi connectivity index (χ1n) is 4.24. The van der Waals surface area contributed by atoms with Crippen molar-refractivity contribution in [3.8, 4) is 5.75 Å². The van der Waals surface area contributed by atoms with Gasteiger partial charge in [0, 0.05) is 12.0 Å². The van der Waals surface area contributed by atoms with Crippen molar-refractivity contribution in [2.24, 2.45) is 5.73 Å². The highest BCUT2D eigenvalue weighted by Crippen LogP contribution is 2.14. The molecule has 0 atom stereocenters. The van der Waals surface area contributed by atoms with Crippen molar-refractivity contribution in [2.45, 2.75) is 6.42 Å². The number of ether oxygens (including phenoxy) is 1. The van der Waals surface area contributed by atoms with E-state index in [2.05, 4.69) is 6.58 Å². The number of rotatable bonds is 4. The number of hydrogen-bond acceptors (Lipinski definition) is 2. The van der Waals surface area contributed by atoms with Gasteiger partial charge in [0.15, 0.2) is 0 Å². The van der Waals surface area contributed by atoms with Crippen molar-refractivity contribution in [1.29, 1.82) is 0 Å². The summed E-state index contributed by atoms with van der Waals surface area (Å²) in [5.74, 6) is 0.299. The van der Waals surface area contributed by atoms with E-state index in [0.29, 0.717) is 12.0 Å². The summed E-state index contributed by atoms with van der Waals surface area (Å²) in [7, 11) is 1.60. The van der Waals surface area contributed by atoms with Gasteiger partial charge in [-0.15, -0.1) is 0 Å². The minimum atomic E-state index is -0.465. The number of carbonyl (C=O) groups excluding carboxylic acids is 1. The van der Waals surface area contributed by atoms with E-state index < -0.39 is 5.91 Å². The summed E-state index contributed by atoms with van der Waals surface area (Å²) >= 11 is 0. The van der Waals surface area contributed by atoms with Gasteiger partial charge in [0.1, 0.15) is 5.75 Å². The Morgan fingerprint density at radius 2 is 2.29 bits per heavy atom. The van der Waals surface area contributed by atoms with Gasteiger partial charge < -0.3 is 10.5 Å². The van der Waals surface area contributed by atoms with Crippen molar-refractivity contribution in [1.82, 2.24) is 0 Å². The molecule has 0 saturated heterocycles. The molecule has 0 radical (unpaired) electrons. The Bertz CT molecular complexity index is 358. The SMILES string of the molecule is C=C(Cc1cccc(OC)c1)C(N)=O. The summed E-state index contributed by atoms with van der Waals surface area (Å²) in [5, 5.41) is 0. The third-order valence-corrected chi connectivity index (χ3v) is 1.90. The van der Waals surface area contributed by atoms with E-state index in [1.165, 1.54) is 0 Å². The van der Waals surface area contributed by atoms with Crippen molar-refractivity contribution < 1.29 is 9.53 Å². The zero-order valence-electron chi connectivity index (χ0n) is 8.12. The quantitative estimate of drug-likeness (QED) is 0.729.